The molecule has 1 saturated heterocycles. The number of anilines is 1. The number of alkyl carbamates (subject to hydrolysis) is 1. The number of amides is 2. The van der Waals surface area contributed by atoms with Gasteiger partial charge in [-0.05, 0) is 30.7 Å². The molecule has 11 nitrogen and oxygen atoms in total. The molecule has 0 radical (unpaired) electrons. The molecule has 13 heteroatoms. The van der Waals surface area contributed by atoms with Crippen molar-refractivity contribution >= 4 is 39.3 Å². The number of hydrogen-bond acceptors (Lipinski definition) is 8. The summed E-state index contributed by atoms with van der Waals surface area (Å²) >= 11 is 5.96. The number of aromatic nitrogens is 1. The highest BCUT2D eigenvalue weighted by molar-refractivity contribution is 7.92. The first-order chi connectivity index (χ1) is 15.7. The SMILES string of the molecule is COC(=O)N[C@@H]1C[C@@H]2COc3ncc(NS(=O)(=O)c4cc(Cl)ccc4OC)cc3C(=O)N2C1. The molecule has 3 heterocycles. The van der Waals surface area contributed by atoms with E-state index in [1.54, 1.807) is 4.90 Å². The second kappa shape index (κ2) is 8.94. The molecule has 1 fully saturated rings. The van der Waals surface area contributed by atoms with Crippen molar-refractivity contribution in [3.05, 3.63) is 41.0 Å². The maximum atomic E-state index is 13.2. The summed E-state index contributed by atoms with van der Waals surface area (Å²) in [6.07, 6.45) is 1.17. The van der Waals surface area contributed by atoms with Crippen molar-refractivity contribution in [2.24, 2.45) is 0 Å². The van der Waals surface area contributed by atoms with E-state index in [-0.39, 0.29) is 63.9 Å². The molecule has 2 N–H and O–H groups in total. The van der Waals surface area contributed by atoms with E-state index in [9.17, 15) is 18.0 Å². The molecule has 33 heavy (non-hydrogen) atoms. The molecule has 2 atom stereocenters. The van der Waals surface area contributed by atoms with Crippen LogP contribution < -0.4 is 19.5 Å². The van der Waals surface area contributed by atoms with Crippen LogP contribution in [0.1, 0.15) is 16.8 Å². The van der Waals surface area contributed by atoms with E-state index in [0.29, 0.717) is 6.42 Å². The van der Waals surface area contributed by atoms with E-state index < -0.39 is 16.1 Å². The van der Waals surface area contributed by atoms with Crippen LogP contribution in [-0.2, 0) is 14.8 Å². The zero-order valence-electron chi connectivity index (χ0n) is 17.7. The van der Waals surface area contributed by atoms with Crippen molar-refractivity contribution in [1.82, 2.24) is 15.2 Å². The van der Waals surface area contributed by atoms with Gasteiger partial charge in [-0.15, -0.1) is 0 Å². The van der Waals surface area contributed by atoms with E-state index in [4.69, 9.17) is 21.1 Å². The molecule has 2 aromatic rings. The molecule has 0 spiro atoms. The van der Waals surface area contributed by atoms with Gasteiger partial charge in [0.2, 0.25) is 5.88 Å². The number of nitrogens with zero attached hydrogens (tertiary/aromatic N) is 2. The number of halogens is 1. The van der Waals surface area contributed by atoms with Gasteiger partial charge in [-0.3, -0.25) is 9.52 Å². The number of benzene rings is 1. The van der Waals surface area contributed by atoms with Crippen LogP contribution in [0.2, 0.25) is 5.02 Å². The Balaban J connectivity index is 1.59. The van der Waals surface area contributed by atoms with Crippen molar-refractivity contribution in [1.29, 1.82) is 0 Å². The number of sulfonamides is 1. The van der Waals surface area contributed by atoms with Gasteiger partial charge in [-0.25, -0.2) is 18.2 Å². The minimum Gasteiger partial charge on any atom is -0.495 e. The van der Waals surface area contributed by atoms with Crippen LogP contribution in [0.5, 0.6) is 11.6 Å². The molecule has 4 rings (SSSR count). The van der Waals surface area contributed by atoms with Crippen molar-refractivity contribution in [3.8, 4) is 11.6 Å². The van der Waals surface area contributed by atoms with Crippen LogP contribution in [0.15, 0.2) is 35.4 Å². The van der Waals surface area contributed by atoms with Gasteiger partial charge >= 0.3 is 6.09 Å². The third-order valence-corrected chi connectivity index (χ3v) is 6.98. The number of ether oxygens (including phenoxy) is 3. The summed E-state index contributed by atoms with van der Waals surface area (Å²) < 4.78 is 43.8. The van der Waals surface area contributed by atoms with Crippen LogP contribution in [-0.4, -0.2) is 69.8 Å². The maximum absolute atomic E-state index is 13.2. The molecule has 1 aromatic heterocycles. The molecule has 176 valence electrons. The van der Waals surface area contributed by atoms with Crippen LogP contribution in [0, 0.1) is 0 Å². The molecular formula is C20H21ClN4O7S. The third kappa shape index (κ3) is 4.62. The van der Waals surface area contributed by atoms with Gasteiger partial charge in [0.15, 0.2) is 0 Å². The standard InChI is InChI=1S/C20H21ClN4O7S/c1-30-16-4-3-11(21)5-17(16)33(28,29)24-12-7-15-18(22-8-12)32-10-14-6-13(23-20(27)31-2)9-25(14)19(15)26/h3-5,7-8,13-14,24H,6,9-10H2,1-2H3,(H,23,27)/t13-,14-/m1/s1. The molecule has 0 unspecified atom stereocenters. The number of nitrogens with one attached hydrogen (secondary N) is 2. The largest absolute Gasteiger partial charge is 0.495 e. The molecule has 0 aliphatic carbocycles. The first-order valence-electron chi connectivity index (χ1n) is 9.86. The highest BCUT2D eigenvalue weighted by atomic mass is 35.5. The fraction of sp³-hybridized carbons (Fsp3) is 0.350. The van der Waals surface area contributed by atoms with Crippen molar-refractivity contribution in [2.75, 3.05) is 32.1 Å². The average molecular weight is 497 g/mol. The quantitative estimate of drug-likeness (QED) is 0.640. The number of carbonyl (C=O) groups excluding carboxylic acids is 2. The van der Waals surface area contributed by atoms with E-state index in [1.165, 1.54) is 44.7 Å². The Morgan fingerprint density at radius 3 is 2.82 bits per heavy atom. The van der Waals surface area contributed by atoms with Crippen molar-refractivity contribution < 1.29 is 32.2 Å². The van der Waals surface area contributed by atoms with E-state index in [0.717, 1.165) is 0 Å². The number of fused-ring (bicyclic) bond motifs is 2. The minimum atomic E-state index is -4.10. The van der Waals surface area contributed by atoms with Gasteiger partial charge in [0.25, 0.3) is 15.9 Å². The number of pyridine rings is 1. The highest BCUT2D eigenvalue weighted by Gasteiger charge is 2.40. The van der Waals surface area contributed by atoms with Crippen molar-refractivity contribution in [3.63, 3.8) is 0 Å². The lowest BCUT2D eigenvalue weighted by Gasteiger charge is -2.20. The topological polar surface area (TPSA) is 136 Å². The molecule has 2 amide bonds. The maximum Gasteiger partial charge on any atom is 0.407 e. The first-order valence-corrected chi connectivity index (χ1v) is 11.7. The Bertz CT molecular complexity index is 1210. The summed E-state index contributed by atoms with van der Waals surface area (Å²) in [5.74, 6) is -0.163. The van der Waals surface area contributed by atoms with Crippen LogP contribution in [0.4, 0.5) is 10.5 Å². The lowest BCUT2D eigenvalue weighted by Crippen LogP contribution is -2.39. The Morgan fingerprint density at radius 1 is 1.30 bits per heavy atom. The summed E-state index contributed by atoms with van der Waals surface area (Å²) in [7, 11) is -1.49. The molecule has 2 aliphatic rings. The summed E-state index contributed by atoms with van der Waals surface area (Å²) in [4.78, 5) is 30.3. The number of rotatable bonds is 5. The molecule has 0 bridgehead atoms. The smallest absolute Gasteiger partial charge is 0.407 e. The second-order valence-corrected chi connectivity index (χ2v) is 9.56. The van der Waals surface area contributed by atoms with E-state index >= 15 is 0 Å². The lowest BCUT2D eigenvalue weighted by molar-refractivity contribution is 0.0723. The number of methoxy groups -OCH3 is 2. The van der Waals surface area contributed by atoms with Crippen molar-refractivity contribution in [2.45, 2.75) is 23.4 Å². The number of hydrogen-bond donors (Lipinski definition) is 2. The fourth-order valence-electron chi connectivity index (χ4n) is 3.83. The highest BCUT2D eigenvalue weighted by Crippen LogP contribution is 2.32. The number of carbonyl (C=O) groups is 2. The monoisotopic (exact) mass is 496 g/mol. The van der Waals surface area contributed by atoms with Crippen LogP contribution >= 0.6 is 11.6 Å². The van der Waals surface area contributed by atoms with Gasteiger partial charge in [-0.1, -0.05) is 11.6 Å². The lowest BCUT2D eigenvalue weighted by atomic mass is 10.2. The van der Waals surface area contributed by atoms with Gasteiger partial charge in [-0.2, -0.15) is 0 Å². The van der Waals surface area contributed by atoms with E-state index in [2.05, 4.69) is 19.8 Å². The predicted octanol–water partition coefficient (Wildman–Crippen LogP) is 1.88. The Kier molecular flexibility index (Phi) is 6.21. The Labute approximate surface area is 195 Å². The second-order valence-electron chi connectivity index (χ2n) is 7.47. The van der Waals surface area contributed by atoms with Gasteiger partial charge in [0.05, 0.1) is 38.2 Å². The summed E-state index contributed by atoms with van der Waals surface area (Å²) in [6.45, 7) is 0.451. The summed E-state index contributed by atoms with van der Waals surface area (Å²) in [6, 6.07) is 5.01. The zero-order chi connectivity index (χ0) is 23.8. The molecular weight excluding hydrogens is 476 g/mol. The fourth-order valence-corrected chi connectivity index (χ4v) is 5.30. The molecule has 1 aromatic carbocycles. The zero-order valence-corrected chi connectivity index (χ0v) is 19.3. The predicted molar refractivity (Wildman–Crippen MR) is 117 cm³/mol. The van der Waals surface area contributed by atoms with Crippen LogP contribution in [0.25, 0.3) is 0 Å². The summed E-state index contributed by atoms with van der Waals surface area (Å²) in [5, 5.41) is 2.90. The van der Waals surface area contributed by atoms with E-state index in [1.807, 2.05) is 0 Å². The van der Waals surface area contributed by atoms with Crippen LogP contribution in [0.3, 0.4) is 0 Å². The third-order valence-electron chi connectivity index (χ3n) is 5.34. The first kappa shape index (κ1) is 22.9. The molecule has 2 aliphatic heterocycles. The average Bonchev–Trinajstić information content (AvgIpc) is 3.14. The van der Waals surface area contributed by atoms with Gasteiger partial charge < -0.3 is 24.4 Å². The molecule has 0 saturated carbocycles. The normalized spacial score (nSPS) is 19.6. The minimum absolute atomic E-state index is 0.0645. The Morgan fingerprint density at radius 2 is 2.09 bits per heavy atom. The Hall–Kier alpha value is -3.25. The van der Waals surface area contributed by atoms with Gasteiger partial charge in [0, 0.05) is 11.6 Å². The summed E-state index contributed by atoms with van der Waals surface area (Å²) in [5.41, 5.74) is 0.170. The van der Waals surface area contributed by atoms with Gasteiger partial charge in [0.1, 0.15) is 22.8 Å².